The number of rotatable bonds is 5. The first-order chi connectivity index (χ1) is 13.1. The molecule has 4 aromatic rings. The van der Waals surface area contributed by atoms with Crippen molar-refractivity contribution in [1.29, 1.82) is 0 Å². The van der Waals surface area contributed by atoms with Crippen LogP contribution in [-0.2, 0) is 17.8 Å². The highest BCUT2D eigenvalue weighted by atomic mass is 16.2. The van der Waals surface area contributed by atoms with Crippen molar-refractivity contribution < 1.29 is 4.79 Å². The Hall–Kier alpha value is -3.41. The number of nitrogens with one attached hydrogen (secondary N) is 2. The fraction of sp³-hybridized carbons (Fsp3) is 0.190. The molecule has 0 aliphatic carbocycles. The molecule has 1 amide bonds. The number of carbonyl (C=O) groups is 1. The van der Waals surface area contributed by atoms with E-state index in [-0.39, 0.29) is 18.0 Å². The summed E-state index contributed by atoms with van der Waals surface area (Å²) in [6, 6.07) is 13.6. The van der Waals surface area contributed by atoms with Crippen LogP contribution in [0.3, 0.4) is 0 Å². The summed E-state index contributed by atoms with van der Waals surface area (Å²) in [6.07, 6.45) is 4.13. The molecule has 2 aromatic heterocycles. The van der Waals surface area contributed by atoms with Gasteiger partial charge in [0.05, 0.1) is 17.2 Å². The second-order valence-electron chi connectivity index (χ2n) is 6.61. The summed E-state index contributed by atoms with van der Waals surface area (Å²) >= 11 is 0. The van der Waals surface area contributed by atoms with Crippen LogP contribution in [0.1, 0.15) is 11.1 Å². The first-order valence-corrected chi connectivity index (χ1v) is 8.90. The molecular weight excluding hydrogens is 340 g/mol. The molecule has 2 N–H and O–H groups in total. The fourth-order valence-corrected chi connectivity index (χ4v) is 3.34. The number of H-pyrrole nitrogens is 1. The van der Waals surface area contributed by atoms with E-state index in [2.05, 4.69) is 21.4 Å². The van der Waals surface area contributed by atoms with Gasteiger partial charge in [-0.3, -0.25) is 14.2 Å². The lowest BCUT2D eigenvalue weighted by Gasteiger charge is -2.08. The van der Waals surface area contributed by atoms with E-state index < -0.39 is 0 Å². The molecule has 0 unspecified atom stereocenters. The number of hydrogen-bond acceptors (Lipinski definition) is 3. The standard InChI is InChI=1S/C21H20N4O2/c1-14-5-4-7-17-20(14)24-13-25(21(17)27)12-19(26)22-10-9-15-11-23-18-8-3-2-6-16(15)18/h2-8,11,13,23H,9-10,12H2,1H3,(H,22,26). The van der Waals surface area contributed by atoms with Gasteiger partial charge in [0.25, 0.3) is 5.56 Å². The summed E-state index contributed by atoms with van der Waals surface area (Å²) < 4.78 is 1.35. The van der Waals surface area contributed by atoms with Gasteiger partial charge >= 0.3 is 0 Å². The van der Waals surface area contributed by atoms with E-state index in [9.17, 15) is 9.59 Å². The molecule has 4 rings (SSSR count). The van der Waals surface area contributed by atoms with Crippen molar-refractivity contribution in [2.75, 3.05) is 6.54 Å². The van der Waals surface area contributed by atoms with Crippen molar-refractivity contribution in [2.24, 2.45) is 0 Å². The highest BCUT2D eigenvalue weighted by molar-refractivity contribution is 5.83. The molecule has 2 aromatic carbocycles. The van der Waals surface area contributed by atoms with E-state index in [0.29, 0.717) is 17.4 Å². The Morgan fingerprint density at radius 3 is 2.85 bits per heavy atom. The van der Waals surface area contributed by atoms with Gasteiger partial charge in [0.1, 0.15) is 6.54 Å². The Bertz CT molecular complexity index is 1190. The minimum Gasteiger partial charge on any atom is -0.361 e. The number of benzene rings is 2. The molecule has 0 bridgehead atoms. The lowest BCUT2D eigenvalue weighted by Crippen LogP contribution is -2.33. The molecule has 136 valence electrons. The van der Waals surface area contributed by atoms with E-state index in [1.54, 1.807) is 6.07 Å². The topological polar surface area (TPSA) is 79.8 Å². The minimum atomic E-state index is -0.203. The van der Waals surface area contributed by atoms with E-state index in [1.807, 2.05) is 43.5 Å². The number of carbonyl (C=O) groups excluding carboxylic acids is 1. The predicted octanol–water partition coefficient (Wildman–Crippen LogP) is 2.55. The van der Waals surface area contributed by atoms with Gasteiger partial charge in [-0.2, -0.15) is 0 Å². The molecule has 0 spiro atoms. The van der Waals surface area contributed by atoms with Gasteiger partial charge in [-0.1, -0.05) is 30.3 Å². The van der Waals surface area contributed by atoms with Crippen molar-refractivity contribution >= 4 is 27.7 Å². The lowest BCUT2D eigenvalue weighted by molar-refractivity contribution is -0.121. The molecule has 0 saturated carbocycles. The number of fused-ring (bicyclic) bond motifs is 2. The van der Waals surface area contributed by atoms with Gasteiger partial charge in [-0.15, -0.1) is 0 Å². The summed E-state index contributed by atoms with van der Waals surface area (Å²) in [5, 5.41) is 4.58. The van der Waals surface area contributed by atoms with Crippen molar-refractivity contribution in [2.45, 2.75) is 19.9 Å². The number of nitrogens with zero attached hydrogens (tertiary/aromatic N) is 2. The summed E-state index contributed by atoms with van der Waals surface area (Å²) in [4.78, 5) is 32.4. The van der Waals surface area contributed by atoms with Gasteiger partial charge in [0.2, 0.25) is 5.91 Å². The van der Waals surface area contributed by atoms with Gasteiger partial charge in [-0.25, -0.2) is 4.98 Å². The number of aromatic nitrogens is 3. The molecule has 27 heavy (non-hydrogen) atoms. The zero-order valence-electron chi connectivity index (χ0n) is 15.0. The summed E-state index contributed by atoms with van der Waals surface area (Å²) in [5.74, 6) is -0.203. The maximum absolute atomic E-state index is 12.6. The smallest absolute Gasteiger partial charge is 0.261 e. The monoisotopic (exact) mass is 360 g/mol. The second kappa shape index (κ2) is 7.07. The van der Waals surface area contributed by atoms with Crippen LogP contribution in [0.5, 0.6) is 0 Å². The van der Waals surface area contributed by atoms with Crippen LogP contribution < -0.4 is 10.9 Å². The van der Waals surface area contributed by atoms with Crippen LogP contribution in [0.25, 0.3) is 21.8 Å². The van der Waals surface area contributed by atoms with E-state index >= 15 is 0 Å². The molecule has 6 nitrogen and oxygen atoms in total. The van der Waals surface area contributed by atoms with Crippen LogP contribution in [-0.4, -0.2) is 27.0 Å². The van der Waals surface area contributed by atoms with Crippen LogP contribution in [0, 0.1) is 6.92 Å². The summed E-state index contributed by atoms with van der Waals surface area (Å²) in [6.45, 7) is 2.38. The molecular formula is C21H20N4O2. The van der Waals surface area contributed by atoms with E-state index in [1.165, 1.54) is 10.9 Å². The third-order valence-corrected chi connectivity index (χ3v) is 4.76. The Morgan fingerprint density at radius 1 is 1.15 bits per heavy atom. The first kappa shape index (κ1) is 17.0. The minimum absolute atomic E-state index is 0.0381. The normalized spacial score (nSPS) is 11.1. The van der Waals surface area contributed by atoms with Crippen LogP contribution in [0.15, 0.2) is 59.8 Å². The number of aromatic amines is 1. The number of amides is 1. The number of para-hydroxylation sites is 2. The maximum atomic E-state index is 12.6. The Labute approximate surface area is 155 Å². The third kappa shape index (κ3) is 3.33. The van der Waals surface area contributed by atoms with Crippen molar-refractivity contribution in [3.05, 3.63) is 76.5 Å². The average molecular weight is 360 g/mol. The molecule has 0 aliphatic rings. The molecule has 0 atom stereocenters. The zero-order chi connectivity index (χ0) is 18.8. The molecule has 0 radical (unpaired) electrons. The van der Waals surface area contributed by atoms with Crippen molar-refractivity contribution in [3.8, 4) is 0 Å². The van der Waals surface area contributed by atoms with E-state index in [0.717, 1.165) is 28.5 Å². The summed E-state index contributed by atoms with van der Waals surface area (Å²) in [7, 11) is 0. The first-order valence-electron chi connectivity index (χ1n) is 8.90. The molecule has 0 aliphatic heterocycles. The highest BCUT2D eigenvalue weighted by Gasteiger charge is 2.09. The predicted molar refractivity (Wildman–Crippen MR) is 106 cm³/mol. The van der Waals surface area contributed by atoms with E-state index in [4.69, 9.17) is 0 Å². The molecule has 0 fully saturated rings. The second-order valence-corrected chi connectivity index (χ2v) is 6.61. The van der Waals surface area contributed by atoms with Gasteiger partial charge in [0, 0.05) is 23.6 Å². The largest absolute Gasteiger partial charge is 0.361 e. The van der Waals surface area contributed by atoms with Crippen LogP contribution in [0.4, 0.5) is 0 Å². The Morgan fingerprint density at radius 2 is 1.96 bits per heavy atom. The molecule has 2 heterocycles. The van der Waals surface area contributed by atoms with Crippen molar-refractivity contribution in [1.82, 2.24) is 19.9 Å². The van der Waals surface area contributed by atoms with Gasteiger partial charge in [0.15, 0.2) is 0 Å². The quantitative estimate of drug-likeness (QED) is 0.574. The average Bonchev–Trinajstić information content (AvgIpc) is 3.08. The Kier molecular flexibility index (Phi) is 4.46. The fourth-order valence-electron chi connectivity index (χ4n) is 3.34. The number of aryl methyl sites for hydroxylation is 1. The highest BCUT2D eigenvalue weighted by Crippen LogP contribution is 2.17. The zero-order valence-corrected chi connectivity index (χ0v) is 15.0. The number of hydrogen-bond donors (Lipinski definition) is 2. The van der Waals surface area contributed by atoms with Gasteiger partial charge < -0.3 is 10.3 Å². The van der Waals surface area contributed by atoms with Crippen LogP contribution in [0.2, 0.25) is 0 Å². The third-order valence-electron chi connectivity index (χ3n) is 4.76. The summed E-state index contributed by atoms with van der Waals surface area (Å²) in [5.41, 5.74) is 3.67. The van der Waals surface area contributed by atoms with Crippen LogP contribution >= 0.6 is 0 Å². The molecule has 6 heteroatoms. The van der Waals surface area contributed by atoms with Gasteiger partial charge in [-0.05, 0) is 36.6 Å². The Balaban J connectivity index is 1.42. The maximum Gasteiger partial charge on any atom is 0.261 e. The van der Waals surface area contributed by atoms with Crippen molar-refractivity contribution in [3.63, 3.8) is 0 Å². The SMILES string of the molecule is Cc1cccc2c(=O)n(CC(=O)NCCc3c[nH]c4ccccc34)cnc12. The molecule has 0 saturated heterocycles. The lowest BCUT2D eigenvalue weighted by atomic mass is 10.1.